The Morgan fingerprint density at radius 2 is 2.05 bits per heavy atom. The third kappa shape index (κ3) is 2.45. The van der Waals surface area contributed by atoms with Crippen molar-refractivity contribution in [1.29, 1.82) is 0 Å². The lowest BCUT2D eigenvalue weighted by atomic mass is 10.1. The maximum atomic E-state index is 14.1. The predicted octanol–water partition coefficient (Wildman–Crippen LogP) is 2.75. The molecule has 0 aliphatic carbocycles. The molecule has 1 aromatic carbocycles. The smallest absolute Gasteiger partial charge is 0.178 e. The normalized spacial score (nSPS) is 12.4. The lowest BCUT2D eigenvalue weighted by Gasteiger charge is -2.18. The highest BCUT2D eigenvalue weighted by atomic mass is 19.1. The fraction of sp³-hybridized carbons (Fsp3) is 0.267. The van der Waals surface area contributed by atoms with Crippen molar-refractivity contribution in [2.45, 2.75) is 19.9 Å². The van der Waals surface area contributed by atoms with Crippen molar-refractivity contribution in [2.24, 2.45) is 0 Å². The first-order valence-electron chi connectivity index (χ1n) is 6.88. The molecule has 0 fully saturated rings. The number of rotatable bonds is 4. The molecule has 1 unspecified atom stereocenters. The number of nitrogens with zero attached hydrogens (tertiary/aromatic N) is 4. The largest absolute Gasteiger partial charge is 0.496 e. The van der Waals surface area contributed by atoms with Crippen LogP contribution in [-0.4, -0.2) is 26.9 Å². The van der Waals surface area contributed by atoms with Crippen molar-refractivity contribution in [3.63, 3.8) is 0 Å². The number of nitrogens with one attached hydrogen (secondary N) is 1. The molecule has 22 heavy (non-hydrogen) atoms. The minimum absolute atomic E-state index is 0.308. The predicted molar refractivity (Wildman–Crippen MR) is 80.5 cm³/mol. The van der Waals surface area contributed by atoms with Gasteiger partial charge in [0.1, 0.15) is 17.4 Å². The number of ether oxygens (including phenoxy) is 1. The van der Waals surface area contributed by atoms with Gasteiger partial charge in [-0.2, -0.15) is 4.52 Å². The molecule has 3 aromatic rings. The molecular weight excluding hydrogens is 285 g/mol. The molecule has 0 bridgehead atoms. The molecular formula is C15H16FN5O. The van der Waals surface area contributed by atoms with Crippen molar-refractivity contribution < 1.29 is 9.13 Å². The van der Waals surface area contributed by atoms with Crippen molar-refractivity contribution in [2.75, 3.05) is 12.4 Å². The highest BCUT2D eigenvalue weighted by Crippen LogP contribution is 2.29. The van der Waals surface area contributed by atoms with E-state index in [1.807, 2.05) is 13.8 Å². The zero-order valence-corrected chi connectivity index (χ0v) is 12.5. The average molecular weight is 301 g/mol. The first-order valence-corrected chi connectivity index (χ1v) is 6.88. The van der Waals surface area contributed by atoms with Gasteiger partial charge >= 0.3 is 0 Å². The fourth-order valence-corrected chi connectivity index (χ4v) is 2.38. The van der Waals surface area contributed by atoms with Gasteiger partial charge in [-0.05, 0) is 38.1 Å². The summed E-state index contributed by atoms with van der Waals surface area (Å²) >= 11 is 0. The average Bonchev–Trinajstić information content (AvgIpc) is 2.88. The molecule has 0 aliphatic rings. The van der Waals surface area contributed by atoms with E-state index in [4.69, 9.17) is 4.74 Å². The summed E-state index contributed by atoms with van der Waals surface area (Å²) in [6, 6.07) is 8.05. The Hall–Kier alpha value is -2.70. The van der Waals surface area contributed by atoms with Crippen LogP contribution < -0.4 is 10.1 Å². The lowest BCUT2D eigenvalue weighted by Crippen LogP contribution is -2.12. The molecule has 0 saturated carbocycles. The second-order valence-corrected chi connectivity index (χ2v) is 4.96. The standard InChI is InChI=1S/C15H16FN5O/c1-9(15-11(16)5-4-6-12(15)22-3)17-13-7-8-14-19-18-10(2)21(14)20-13/h4-9H,1-3H3,(H,17,20). The van der Waals surface area contributed by atoms with E-state index in [1.54, 1.807) is 28.8 Å². The monoisotopic (exact) mass is 301 g/mol. The van der Waals surface area contributed by atoms with Gasteiger partial charge in [0.05, 0.1) is 18.7 Å². The van der Waals surface area contributed by atoms with Crippen LogP contribution in [0, 0.1) is 12.7 Å². The van der Waals surface area contributed by atoms with Crippen molar-refractivity contribution in [3.8, 4) is 5.75 Å². The van der Waals surface area contributed by atoms with Gasteiger partial charge < -0.3 is 10.1 Å². The van der Waals surface area contributed by atoms with E-state index >= 15 is 0 Å². The summed E-state index contributed by atoms with van der Waals surface area (Å²) in [6.45, 7) is 3.67. The minimum atomic E-state index is -0.319. The van der Waals surface area contributed by atoms with Crippen LogP contribution >= 0.6 is 0 Å². The van der Waals surface area contributed by atoms with E-state index in [9.17, 15) is 4.39 Å². The Morgan fingerprint density at radius 3 is 2.82 bits per heavy atom. The summed E-state index contributed by atoms with van der Waals surface area (Å²) in [5, 5.41) is 15.5. The molecule has 0 radical (unpaired) electrons. The Bertz CT molecular complexity index is 817. The molecule has 0 aliphatic heterocycles. The molecule has 0 saturated heterocycles. The van der Waals surface area contributed by atoms with Crippen LogP contribution in [0.4, 0.5) is 10.2 Å². The summed E-state index contributed by atoms with van der Waals surface area (Å²) < 4.78 is 21.0. The fourth-order valence-electron chi connectivity index (χ4n) is 2.38. The van der Waals surface area contributed by atoms with E-state index in [2.05, 4.69) is 20.6 Å². The number of hydrogen-bond donors (Lipinski definition) is 1. The molecule has 2 heterocycles. The second kappa shape index (κ2) is 5.59. The van der Waals surface area contributed by atoms with Gasteiger partial charge in [-0.3, -0.25) is 0 Å². The van der Waals surface area contributed by atoms with E-state index in [-0.39, 0.29) is 11.9 Å². The minimum Gasteiger partial charge on any atom is -0.496 e. The number of aromatic nitrogens is 4. The first kappa shape index (κ1) is 14.2. The van der Waals surface area contributed by atoms with Crippen molar-refractivity contribution in [1.82, 2.24) is 19.8 Å². The molecule has 0 amide bonds. The lowest BCUT2D eigenvalue weighted by molar-refractivity contribution is 0.402. The zero-order valence-electron chi connectivity index (χ0n) is 12.5. The molecule has 7 heteroatoms. The number of fused-ring (bicyclic) bond motifs is 1. The second-order valence-electron chi connectivity index (χ2n) is 4.96. The van der Waals surface area contributed by atoms with Crippen LogP contribution in [0.1, 0.15) is 24.4 Å². The summed E-state index contributed by atoms with van der Waals surface area (Å²) in [6.07, 6.45) is 0. The zero-order chi connectivity index (χ0) is 15.7. The third-order valence-electron chi connectivity index (χ3n) is 3.45. The van der Waals surface area contributed by atoms with Gasteiger partial charge in [0.15, 0.2) is 11.5 Å². The highest BCUT2D eigenvalue weighted by Gasteiger charge is 2.17. The summed E-state index contributed by atoms with van der Waals surface area (Å²) in [4.78, 5) is 0. The maximum absolute atomic E-state index is 14.1. The number of methoxy groups -OCH3 is 1. The molecule has 3 rings (SSSR count). The van der Waals surface area contributed by atoms with E-state index in [1.165, 1.54) is 13.2 Å². The summed E-state index contributed by atoms with van der Waals surface area (Å²) in [5.41, 5.74) is 1.13. The van der Waals surface area contributed by atoms with E-state index in [0.29, 0.717) is 28.6 Å². The first-order chi connectivity index (χ1) is 10.6. The van der Waals surface area contributed by atoms with Crippen LogP contribution in [0.2, 0.25) is 0 Å². The van der Waals surface area contributed by atoms with Gasteiger partial charge in [0.25, 0.3) is 0 Å². The molecule has 1 atom stereocenters. The number of halogens is 1. The highest BCUT2D eigenvalue weighted by molar-refractivity contribution is 5.47. The van der Waals surface area contributed by atoms with Crippen molar-refractivity contribution >= 4 is 11.5 Å². The van der Waals surface area contributed by atoms with Crippen LogP contribution in [0.25, 0.3) is 5.65 Å². The molecule has 6 nitrogen and oxygen atoms in total. The van der Waals surface area contributed by atoms with Crippen LogP contribution in [0.5, 0.6) is 5.75 Å². The maximum Gasteiger partial charge on any atom is 0.178 e. The van der Waals surface area contributed by atoms with Crippen LogP contribution in [0.3, 0.4) is 0 Å². The van der Waals surface area contributed by atoms with Gasteiger partial charge in [-0.15, -0.1) is 15.3 Å². The van der Waals surface area contributed by atoms with Crippen LogP contribution in [0.15, 0.2) is 30.3 Å². The number of aryl methyl sites for hydroxylation is 1. The van der Waals surface area contributed by atoms with E-state index in [0.717, 1.165) is 0 Å². The Balaban J connectivity index is 1.92. The number of anilines is 1. The molecule has 0 spiro atoms. The Morgan fingerprint density at radius 1 is 1.23 bits per heavy atom. The van der Waals surface area contributed by atoms with Gasteiger partial charge in [0, 0.05) is 0 Å². The molecule has 2 aromatic heterocycles. The Labute approximate surface area is 126 Å². The SMILES string of the molecule is COc1cccc(F)c1C(C)Nc1ccc2nnc(C)n2n1. The molecule has 114 valence electrons. The van der Waals surface area contributed by atoms with Gasteiger partial charge in [-0.1, -0.05) is 6.07 Å². The van der Waals surface area contributed by atoms with E-state index < -0.39 is 0 Å². The summed E-state index contributed by atoms with van der Waals surface area (Å²) in [5.74, 6) is 1.48. The van der Waals surface area contributed by atoms with Crippen molar-refractivity contribution in [3.05, 3.63) is 47.5 Å². The number of benzene rings is 1. The summed E-state index contributed by atoms with van der Waals surface area (Å²) in [7, 11) is 1.52. The number of hydrogen-bond acceptors (Lipinski definition) is 5. The third-order valence-corrected chi connectivity index (χ3v) is 3.45. The van der Waals surface area contributed by atoms with Gasteiger partial charge in [0.2, 0.25) is 0 Å². The van der Waals surface area contributed by atoms with Gasteiger partial charge in [-0.25, -0.2) is 4.39 Å². The quantitative estimate of drug-likeness (QED) is 0.802. The topological polar surface area (TPSA) is 64.3 Å². The molecule has 1 N–H and O–H groups in total. The Kier molecular flexibility index (Phi) is 3.62. The van der Waals surface area contributed by atoms with Crippen LogP contribution in [-0.2, 0) is 0 Å².